The minimum absolute atomic E-state index is 0.115. The highest BCUT2D eigenvalue weighted by molar-refractivity contribution is 7.98. The Morgan fingerprint density at radius 1 is 1.10 bits per heavy atom. The van der Waals surface area contributed by atoms with Crippen LogP contribution in [0.3, 0.4) is 0 Å². The van der Waals surface area contributed by atoms with Gasteiger partial charge in [0, 0.05) is 29.7 Å². The lowest BCUT2D eigenvalue weighted by atomic mass is 9.99. The predicted octanol–water partition coefficient (Wildman–Crippen LogP) is 4.85. The van der Waals surface area contributed by atoms with Gasteiger partial charge in [-0.2, -0.15) is 0 Å². The Balaban J connectivity index is 1.41. The van der Waals surface area contributed by atoms with Crippen LogP contribution in [0.4, 0.5) is 5.69 Å². The summed E-state index contributed by atoms with van der Waals surface area (Å²) in [4.78, 5) is 27.8. The van der Waals surface area contributed by atoms with Crippen LogP contribution in [0.25, 0.3) is 6.08 Å². The van der Waals surface area contributed by atoms with Gasteiger partial charge in [0.1, 0.15) is 0 Å². The number of benzene rings is 2. The Kier molecular flexibility index (Phi) is 6.05. The largest absolute Gasteiger partial charge is 0.459 e. The summed E-state index contributed by atoms with van der Waals surface area (Å²) in [6, 6.07) is 17.3. The number of carbonyl (C=O) groups excluding carboxylic acids is 2. The molecule has 0 aliphatic carbocycles. The number of amides is 2. The molecule has 1 N–H and O–H groups in total. The average molecular weight is 419 g/mol. The minimum atomic E-state index is -0.191. The number of hydrogen-bond donors (Lipinski definition) is 1. The maximum atomic E-state index is 12.5. The van der Waals surface area contributed by atoms with Crippen molar-refractivity contribution in [3.63, 3.8) is 0 Å². The van der Waals surface area contributed by atoms with Crippen LogP contribution in [0.5, 0.6) is 0 Å². The molecule has 1 aliphatic heterocycles. The Labute approximate surface area is 179 Å². The van der Waals surface area contributed by atoms with E-state index in [2.05, 4.69) is 5.32 Å². The maximum absolute atomic E-state index is 12.5. The molecule has 2 amide bonds. The van der Waals surface area contributed by atoms with Gasteiger partial charge in [-0.25, -0.2) is 0 Å². The summed E-state index contributed by atoms with van der Waals surface area (Å²) in [7, 11) is 0. The quantitative estimate of drug-likeness (QED) is 0.475. The molecule has 0 atom stereocenters. The van der Waals surface area contributed by atoms with Gasteiger partial charge in [0.25, 0.3) is 5.91 Å². The summed E-state index contributed by atoms with van der Waals surface area (Å²) in [5.74, 6) is 0.0392. The molecule has 0 fully saturated rings. The molecule has 1 aliphatic rings. The van der Waals surface area contributed by atoms with Gasteiger partial charge in [-0.05, 0) is 71.8 Å². The first-order chi connectivity index (χ1) is 14.6. The molecule has 1 aromatic heterocycles. The fourth-order valence-electron chi connectivity index (χ4n) is 3.44. The van der Waals surface area contributed by atoms with Gasteiger partial charge in [0.15, 0.2) is 5.76 Å². The molecule has 152 valence electrons. The molecule has 0 saturated carbocycles. The third-order valence-electron chi connectivity index (χ3n) is 5.05. The molecule has 5 nitrogen and oxygen atoms in total. The van der Waals surface area contributed by atoms with Gasteiger partial charge in [-0.1, -0.05) is 18.2 Å². The van der Waals surface area contributed by atoms with Crippen molar-refractivity contribution in [1.82, 2.24) is 4.90 Å². The number of rotatable bonds is 5. The van der Waals surface area contributed by atoms with Crippen LogP contribution < -0.4 is 5.32 Å². The van der Waals surface area contributed by atoms with Crippen molar-refractivity contribution in [2.75, 3.05) is 18.1 Å². The zero-order chi connectivity index (χ0) is 20.9. The van der Waals surface area contributed by atoms with Crippen molar-refractivity contribution in [1.29, 1.82) is 0 Å². The number of fused-ring (bicyclic) bond motifs is 1. The van der Waals surface area contributed by atoms with Crippen LogP contribution in [0.2, 0.25) is 0 Å². The van der Waals surface area contributed by atoms with E-state index in [4.69, 9.17) is 4.42 Å². The van der Waals surface area contributed by atoms with Crippen LogP contribution in [0.1, 0.15) is 27.2 Å². The molecule has 30 heavy (non-hydrogen) atoms. The summed E-state index contributed by atoms with van der Waals surface area (Å²) in [5, 5.41) is 2.90. The first-order valence-electron chi connectivity index (χ1n) is 9.70. The SMILES string of the molecule is CSc1ccc(/C=C/C(=O)Nc2ccc3c(c2)CN(C(=O)c2ccco2)CC3)cc1. The second-order valence-corrected chi connectivity index (χ2v) is 7.91. The zero-order valence-electron chi connectivity index (χ0n) is 16.6. The highest BCUT2D eigenvalue weighted by Gasteiger charge is 2.23. The third-order valence-corrected chi connectivity index (χ3v) is 5.79. The highest BCUT2D eigenvalue weighted by atomic mass is 32.2. The van der Waals surface area contributed by atoms with Crippen LogP contribution in [-0.2, 0) is 17.8 Å². The van der Waals surface area contributed by atoms with Crippen LogP contribution >= 0.6 is 11.8 Å². The molecular weight excluding hydrogens is 396 g/mol. The first kappa shape index (κ1) is 20.0. The van der Waals surface area contributed by atoms with E-state index in [-0.39, 0.29) is 11.8 Å². The van der Waals surface area contributed by atoms with Crippen molar-refractivity contribution >= 4 is 35.3 Å². The number of furan rings is 1. The van der Waals surface area contributed by atoms with E-state index in [1.165, 1.54) is 22.8 Å². The Morgan fingerprint density at radius 2 is 1.93 bits per heavy atom. The molecule has 0 unspecified atom stereocenters. The third kappa shape index (κ3) is 4.66. The lowest BCUT2D eigenvalue weighted by Crippen LogP contribution is -2.35. The molecule has 6 heteroatoms. The van der Waals surface area contributed by atoms with E-state index in [9.17, 15) is 9.59 Å². The van der Waals surface area contributed by atoms with Gasteiger partial charge < -0.3 is 14.6 Å². The number of carbonyl (C=O) groups is 2. The van der Waals surface area contributed by atoms with E-state index in [0.717, 1.165) is 17.5 Å². The molecule has 2 aromatic carbocycles. The number of thioether (sulfide) groups is 1. The number of anilines is 1. The topological polar surface area (TPSA) is 62.6 Å². The van der Waals surface area contributed by atoms with Crippen LogP contribution in [-0.4, -0.2) is 29.5 Å². The molecule has 3 aromatic rings. The lowest BCUT2D eigenvalue weighted by molar-refractivity contribution is -0.111. The normalized spacial score (nSPS) is 13.3. The molecule has 2 heterocycles. The summed E-state index contributed by atoms with van der Waals surface area (Å²) < 4.78 is 5.23. The van der Waals surface area contributed by atoms with Crippen LogP contribution in [0, 0.1) is 0 Å². The Morgan fingerprint density at radius 3 is 2.67 bits per heavy atom. The smallest absolute Gasteiger partial charge is 0.289 e. The maximum Gasteiger partial charge on any atom is 0.289 e. The van der Waals surface area contributed by atoms with Crippen molar-refractivity contribution in [2.45, 2.75) is 17.9 Å². The summed E-state index contributed by atoms with van der Waals surface area (Å²) in [6.45, 7) is 1.15. The highest BCUT2D eigenvalue weighted by Crippen LogP contribution is 2.24. The summed E-state index contributed by atoms with van der Waals surface area (Å²) in [5.41, 5.74) is 3.92. The van der Waals surface area contributed by atoms with Gasteiger partial charge >= 0.3 is 0 Å². The van der Waals surface area contributed by atoms with Gasteiger partial charge in [-0.3, -0.25) is 9.59 Å². The van der Waals surface area contributed by atoms with Crippen molar-refractivity contribution in [3.05, 3.63) is 89.4 Å². The van der Waals surface area contributed by atoms with Crippen molar-refractivity contribution in [3.8, 4) is 0 Å². The second kappa shape index (κ2) is 9.05. The summed E-state index contributed by atoms with van der Waals surface area (Å²) >= 11 is 1.68. The molecule has 4 rings (SSSR count). The minimum Gasteiger partial charge on any atom is -0.459 e. The van der Waals surface area contributed by atoms with Gasteiger partial charge in [-0.15, -0.1) is 11.8 Å². The predicted molar refractivity (Wildman–Crippen MR) is 119 cm³/mol. The monoisotopic (exact) mass is 418 g/mol. The van der Waals surface area contributed by atoms with E-state index in [0.29, 0.717) is 24.5 Å². The van der Waals surface area contributed by atoms with Crippen molar-refractivity contribution < 1.29 is 14.0 Å². The molecule has 0 spiro atoms. The van der Waals surface area contributed by atoms with E-state index < -0.39 is 0 Å². The molecular formula is C24H22N2O3S. The van der Waals surface area contributed by atoms with Crippen LogP contribution in [0.15, 0.2) is 76.2 Å². The van der Waals surface area contributed by atoms with Crippen molar-refractivity contribution in [2.24, 2.45) is 0 Å². The zero-order valence-corrected chi connectivity index (χ0v) is 17.4. The van der Waals surface area contributed by atoms with E-state index in [1.54, 1.807) is 34.9 Å². The summed E-state index contributed by atoms with van der Waals surface area (Å²) in [6.07, 6.45) is 7.64. The van der Waals surface area contributed by atoms with E-state index >= 15 is 0 Å². The second-order valence-electron chi connectivity index (χ2n) is 7.03. The average Bonchev–Trinajstić information content (AvgIpc) is 3.32. The molecule has 0 radical (unpaired) electrons. The van der Waals surface area contributed by atoms with E-state index in [1.807, 2.05) is 48.7 Å². The fourth-order valence-corrected chi connectivity index (χ4v) is 3.84. The Hall–Kier alpha value is -3.25. The fraction of sp³-hybridized carbons (Fsp3) is 0.167. The van der Waals surface area contributed by atoms with Gasteiger partial charge in [0.05, 0.1) is 6.26 Å². The first-order valence-corrected chi connectivity index (χ1v) is 10.9. The molecule has 0 saturated heterocycles. The Bertz CT molecular complexity index is 1070. The number of hydrogen-bond acceptors (Lipinski definition) is 4. The number of nitrogens with one attached hydrogen (secondary N) is 1. The standard InChI is InChI=1S/C24H22N2O3S/c1-30-21-9-4-17(5-10-21)6-11-23(27)25-20-8-7-18-12-13-26(16-19(18)15-20)24(28)22-3-2-14-29-22/h2-11,14-15H,12-13,16H2,1H3,(H,25,27)/b11-6+. The van der Waals surface area contributed by atoms with Gasteiger partial charge in [0.2, 0.25) is 5.91 Å². The number of nitrogens with zero attached hydrogens (tertiary/aromatic N) is 1. The molecule has 0 bridgehead atoms. The lowest BCUT2D eigenvalue weighted by Gasteiger charge is -2.28.